The van der Waals surface area contributed by atoms with E-state index in [1.54, 1.807) is 48.5 Å². The lowest BCUT2D eigenvalue weighted by molar-refractivity contribution is 0.0910. The van der Waals surface area contributed by atoms with Gasteiger partial charge in [-0.05, 0) is 0 Å². The molecule has 2 nitrogen and oxygen atoms in total. The van der Waals surface area contributed by atoms with Crippen molar-refractivity contribution >= 4 is 42.0 Å². The fourth-order valence-electron chi connectivity index (χ4n) is 1.62. The van der Waals surface area contributed by atoms with Gasteiger partial charge in [0.25, 0.3) is 0 Å². The molecule has 6 heteroatoms. The smallest absolute Gasteiger partial charge is 0.292 e. The maximum atomic E-state index is 12.1. The number of carbonyl (C=O) groups excluding carboxylic acids is 2. The van der Waals surface area contributed by atoms with Crippen LogP contribution in [0.4, 0.5) is 8.63 Å². The molecule has 0 aliphatic heterocycles. The highest BCUT2D eigenvalue weighted by Crippen LogP contribution is 2.16. The number of hydrogen-bond acceptors (Lipinski definition) is 2. The Bertz CT molecular complexity index is 527. The number of benzene rings is 2. The molecule has 2 rings (SSSR count). The summed E-state index contributed by atoms with van der Waals surface area (Å²) in [5.41, 5.74) is 1.14. The molecule has 0 aliphatic rings. The molecule has 0 radical (unpaired) electrons. The van der Waals surface area contributed by atoms with Gasteiger partial charge in [-0.25, -0.2) is 0 Å². The van der Waals surface area contributed by atoms with Gasteiger partial charge in [0.2, 0.25) is 0 Å². The monoisotopic (exact) mass is 400 g/mol. The van der Waals surface area contributed by atoms with Crippen molar-refractivity contribution in [1.29, 1.82) is 0 Å². The van der Waals surface area contributed by atoms with Crippen molar-refractivity contribution in [2.45, 2.75) is 3.92 Å². The van der Waals surface area contributed by atoms with Crippen molar-refractivity contribution in [2.24, 2.45) is 0 Å². The quantitative estimate of drug-likeness (QED) is 0.258. The van der Waals surface area contributed by atoms with Crippen LogP contribution in [0, 0.1) is 0 Å². The van der Waals surface area contributed by atoms with Gasteiger partial charge in [-0.15, -0.1) is 0 Å². The lowest BCUT2D eigenvalue weighted by Crippen LogP contribution is -2.24. The van der Waals surface area contributed by atoms with Gasteiger partial charge in [0.15, 0.2) is 11.6 Å². The lowest BCUT2D eigenvalue weighted by Gasteiger charge is -2.08. The molecular weight excluding hydrogens is 388 g/mol. The van der Waals surface area contributed by atoms with Crippen molar-refractivity contribution in [1.82, 2.24) is 0 Å². The molecule has 0 N–H and O–H groups in total. The van der Waals surface area contributed by atoms with Crippen LogP contribution in [0.3, 0.4) is 0 Å². The molecule has 0 amide bonds. The second-order valence-electron chi connectivity index (χ2n) is 3.92. The molecule has 0 atom stereocenters. The molecule has 0 unspecified atom stereocenters. The average Bonchev–Trinajstić information content (AvgIpc) is 2.55. The van der Waals surface area contributed by atoms with Gasteiger partial charge in [0.1, 0.15) is 3.92 Å². The normalized spacial score (nSPS) is 9.52. The van der Waals surface area contributed by atoms with E-state index in [4.69, 9.17) is 0 Å². The van der Waals surface area contributed by atoms with Gasteiger partial charge < -0.3 is 0 Å². The Morgan fingerprint density at radius 1 is 0.810 bits per heavy atom. The Kier molecular flexibility index (Phi) is 7.82. The van der Waals surface area contributed by atoms with Crippen molar-refractivity contribution in [3.63, 3.8) is 0 Å². The zero-order valence-electron chi connectivity index (χ0n) is 11.0. The Labute approximate surface area is 136 Å². The fraction of sp³-hybridized carbons (Fsp3) is 0.0667. The Balaban J connectivity index is 0.000000677. The molecule has 0 saturated carbocycles. The molecule has 0 fully saturated rings. The van der Waals surface area contributed by atoms with Crippen LogP contribution >= 0.6 is 22.6 Å². The van der Waals surface area contributed by atoms with Crippen LogP contribution < -0.4 is 0 Å². The van der Waals surface area contributed by atoms with Crippen LogP contribution in [0.25, 0.3) is 0 Å². The molecule has 108 valence electrons. The molecule has 0 aliphatic carbocycles. The molecule has 0 saturated heterocycles. The highest BCUT2D eigenvalue weighted by molar-refractivity contribution is 14.1. The Hall–Kier alpha value is -1.57. The number of alkyl halides is 1. The first-order valence-electron chi connectivity index (χ1n) is 6.06. The summed E-state index contributed by atoms with van der Waals surface area (Å²) in [5, 5.41) is 0. The van der Waals surface area contributed by atoms with E-state index in [0.717, 1.165) is 0 Å². The van der Waals surface area contributed by atoms with E-state index < -0.39 is 11.8 Å². The number of rotatable bonds is 4. The predicted molar refractivity (Wildman–Crippen MR) is 88.7 cm³/mol. The van der Waals surface area contributed by atoms with Crippen LogP contribution in [0.1, 0.15) is 20.7 Å². The van der Waals surface area contributed by atoms with Crippen LogP contribution in [-0.2, 0) is 0 Å². The van der Waals surface area contributed by atoms with Gasteiger partial charge in [0, 0.05) is 11.1 Å². The molecule has 0 spiro atoms. The highest BCUT2D eigenvalue weighted by atomic mass is 127. The second kappa shape index (κ2) is 9.39. The third-order valence-corrected chi connectivity index (χ3v) is 3.71. The Morgan fingerprint density at radius 3 is 1.38 bits per heavy atom. The molecule has 0 bridgehead atoms. The zero-order valence-corrected chi connectivity index (χ0v) is 13.2. The van der Waals surface area contributed by atoms with E-state index in [0.29, 0.717) is 11.1 Å². The summed E-state index contributed by atoms with van der Waals surface area (Å²) >= 11 is 1.90. The SMILES string of the molecule is FBF.O=C(c1ccccc1)C(I)C(=O)c1ccccc1. The standard InChI is InChI=1S/C15H11IO2.BF2H/c16-13(14(17)11-7-3-1-4-8-11)15(18)12-9-5-2-6-10-12;2-1-3/h1-10,13H;1H. The highest BCUT2D eigenvalue weighted by Gasteiger charge is 2.25. The first-order valence-corrected chi connectivity index (χ1v) is 7.31. The minimum Gasteiger partial charge on any atom is -0.292 e. The number of hydrogen-bond donors (Lipinski definition) is 0. The summed E-state index contributed by atoms with van der Waals surface area (Å²) < 4.78 is 18.6. The van der Waals surface area contributed by atoms with Crippen molar-refractivity contribution in [2.75, 3.05) is 0 Å². The van der Waals surface area contributed by atoms with Crippen molar-refractivity contribution < 1.29 is 18.2 Å². The van der Waals surface area contributed by atoms with Crippen LogP contribution in [0.2, 0.25) is 0 Å². The molecule has 21 heavy (non-hydrogen) atoms. The van der Waals surface area contributed by atoms with E-state index in [-0.39, 0.29) is 11.6 Å². The van der Waals surface area contributed by atoms with E-state index in [1.165, 1.54) is 0 Å². The number of halogens is 3. The summed E-state index contributed by atoms with van der Waals surface area (Å²) in [5.74, 6) is -0.296. The topological polar surface area (TPSA) is 34.1 Å². The third kappa shape index (κ3) is 5.38. The maximum Gasteiger partial charge on any atom is 0.521 e. The summed E-state index contributed by atoms with van der Waals surface area (Å²) in [6.07, 6.45) is 0. The molecule has 2 aromatic rings. The summed E-state index contributed by atoms with van der Waals surface area (Å²) in [6.45, 7) is 0. The summed E-state index contributed by atoms with van der Waals surface area (Å²) in [7, 11) is -1.75. The van der Waals surface area contributed by atoms with Gasteiger partial charge in [0.05, 0.1) is 0 Å². The second-order valence-corrected chi connectivity index (χ2v) is 5.17. The first-order chi connectivity index (χ1) is 10.1. The lowest BCUT2D eigenvalue weighted by atomic mass is 10.0. The van der Waals surface area contributed by atoms with E-state index >= 15 is 0 Å². The summed E-state index contributed by atoms with van der Waals surface area (Å²) in [4.78, 5) is 24.3. The van der Waals surface area contributed by atoms with Crippen LogP contribution in [0.5, 0.6) is 0 Å². The number of Topliss-reactive ketones (excluding diaryl/α,β-unsaturated/α-hetero) is 2. The van der Waals surface area contributed by atoms with Crippen molar-refractivity contribution in [3.05, 3.63) is 71.8 Å². The van der Waals surface area contributed by atoms with Gasteiger partial charge >= 0.3 is 7.83 Å². The molecule has 0 aromatic heterocycles. The minimum atomic E-state index is -1.75. The molecule has 0 heterocycles. The van der Waals surface area contributed by atoms with E-state index in [2.05, 4.69) is 0 Å². The largest absolute Gasteiger partial charge is 0.521 e. The van der Waals surface area contributed by atoms with Gasteiger partial charge in [-0.3, -0.25) is 18.2 Å². The molecule has 2 aromatic carbocycles. The van der Waals surface area contributed by atoms with Gasteiger partial charge in [-0.1, -0.05) is 83.3 Å². The predicted octanol–water partition coefficient (Wildman–Crippen LogP) is 3.75. The molecular formula is C15H12BF2IO2. The van der Waals surface area contributed by atoms with Crippen LogP contribution in [-0.4, -0.2) is 23.3 Å². The zero-order chi connectivity index (χ0) is 15.7. The maximum absolute atomic E-state index is 12.1. The average molecular weight is 400 g/mol. The fourth-order valence-corrected chi connectivity index (χ4v) is 2.34. The third-order valence-electron chi connectivity index (χ3n) is 2.58. The van der Waals surface area contributed by atoms with E-state index in [9.17, 15) is 18.2 Å². The number of ketones is 2. The van der Waals surface area contributed by atoms with E-state index in [1.807, 2.05) is 34.7 Å². The summed E-state index contributed by atoms with van der Waals surface area (Å²) in [6, 6.07) is 17.8. The van der Waals surface area contributed by atoms with Gasteiger partial charge in [-0.2, -0.15) is 0 Å². The minimum absolute atomic E-state index is 0.148. The first kappa shape index (κ1) is 17.5. The van der Waals surface area contributed by atoms with Crippen molar-refractivity contribution in [3.8, 4) is 0 Å². The Morgan fingerprint density at radius 2 is 1.10 bits per heavy atom. The number of carbonyl (C=O) groups is 2. The van der Waals surface area contributed by atoms with Crippen LogP contribution in [0.15, 0.2) is 60.7 Å².